The van der Waals surface area contributed by atoms with E-state index in [0.29, 0.717) is 6.61 Å². The first-order valence-corrected chi connectivity index (χ1v) is 6.56. The summed E-state index contributed by atoms with van der Waals surface area (Å²) in [6.07, 6.45) is 4.98. The summed E-state index contributed by atoms with van der Waals surface area (Å²) in [6, 6.07) is 0. The summed E-state index contributed by atoms with van der Waals surface area (Å²) in [5, 5.41) is 0. The molecule has 0 rings (SSSR count). The van der Waals surface area contributed by atoms with Crippen molar-refractivity contribution < 1.29 is 23.8 Å². The molecule has 0 aromatic carbocycles. The smallest absolute Gasteiger partial charge is 0.336 e. The fourth-order valence-electron chi connectivity index (χ4n) is 1.52. The molecule has 0 N–H and O–H groups in total. The van der Waals surface area contributed by atoms with Gasteiger partial charge in [-0.2, -0.15) is 0 Å². The van der Waals surface area contributed by atoms with Gasteiger partial charge in [-0.3, -0.25) is 0 Å². The number of esters is 2. The van der Waals surface area contributed by atoms with E-state index in [9.17, 15) is 9.59 Å². The third-order valence-electron chi connectivity index (χ3n) is 2.70. The molecule has 110 valence electrons. The number of rotatable bonds is 9. The summed E-state index contributed by atoms with van der Waals surface area (Å²) in [5.74, 6) is -1.17. The van der Waals surface area contributed by atoms with Crippen LogP contribution in [-0.2, 0) is 23.8 Å². The molecule has 0 aromatic rings. The average molecular weight is 272 g/mol. The van der Waals surface area contributed by atoms with Gasteiger partial charge in [-0.15, -0.1) is 0 Å². The molecule has 0 aliphatic rings. The van der Waals surface area contributed by atoms with Crippen molar-refractivity contribution in [3.8, 4) is 0 Å². The largest absolute Gasteiger partial charge is 0.466 e. The van der Waals surface area contributed by atoms with Crippen molar-refractivity contribution in [1.29, 1.82) is 0 Å². The molecule has 0 fully saturated rings. The molecule has 5 nitrogen and oxygen atoms in total. The highest BCUT2D eigenvalue weighted by Gasteiger charge is 2.20. The van der Waals surface area contributed by atoms with Crippen LogP contribution in [0, 0.1) is 0 Å². The molecule has 0 bridgehead atoms. The molecule has 0 saturated heterocycles. The fraction of sp³-hybridized carbons (Fsp3) is 0.714. The summed E-state index contributed by atoms with van der Waals surface area (Å²) in [4.78, 5) is 22.8. The predicted molar refractivity (Wildman–Crippen MR) is 71.7 cm³/mol. The van der Waals surface area contributed by atoms with Gasteiger partial charge < -0.3 is 14.2 Å². The van der Waals surface area contributed by atoms with Crippen LogP contribution in [0.4, 0.5) is 0 Å². The lowest BCUT2D eigenvalue weighted by Gasteiger charge is -2.15. The third kappa shape index (κ3) is 7.62. The zero-order chi connectivity index (χ0) is 14.7. The van der Waals surface area contributed by atoms with Crippen molar-refractivity contribution in [2.45, 2.75) is 45.6 Å². The first-order valence-electron chi connectivity index (χ1n) is 6.56. The minimum atomic E-state index is -0.596. The zero-order valence-electron chi connectivity index (χ0n) is 12.2. The average Bonchev–Trinajstić information content (AvgIpc) is 2.43. The molecule has 0 aromatic heterocycles. The lowest BCUT2D eigenvalue weighted by atomic mass is 10.1. The van der Waals surface area contributed by atoms with Crippen LogP contribution in [-0.4, -0.2) is 38.9 Å². The highest BCUT2D eigenvalue weighted by atomic mass is 16.5. The first kappa shape index (κ1) is 17.6. The van der Waals surface area contributed by atoms with Crippen molar-refractivity contribution >= 4 is 11.9 Å². The summed E-state index contributed by atoms with van der Waals surface area (Å²) >= 11 is 0. The number of carbonyl (C=O) groups is 2. The Morgan fingerprint density at radius 1 is 1.11 bits per heavy atom. The van der Waals surface area contributed by atoms with Gasteiger partial charge in [0.25, 0.3) is 0 Å². The van der Waals surface area contributed by atoms with E-state index in [2.05, 4.69) is 16.4 Å². The number of carbonyl (C=O) groups excluding carboxylic acids is 2. The van der Waals surface area contributed by atoms with Crippen LogP contribution in [0.15, 0.2) is 11.6 Å². The van der Waals surface area contributed by atoms with E-state index in [4.69, 9.17) is 4.74 Å². The van der Waals surface area contributed by atoms with Crippen molar-refractivity contribution in [3.63, 3.8) is 0 Å². The quantitative estimate of drug-likeness (QED) is 0.366. The first-order chi connectivity index (χ1) is 9.06. The highest BCUT2D eigenvalue weighted by molar-refractivity contribution is 5.97. The van der Waals surface area contributed by atoms with E-state index in [1.165, 1.54) is 20.6 Å². The normalized spacial score (nSPS) is 12.9. The Kier molecular flexibility index (Phi) is 9.80. The Bertz CT molecular complexity index is 309. The molecule has 0 radical (unpaired) electrons. The SMILES string of the molecule is CCCCCCOC(C)/C(=C/C(=O)OC)C(=O)OC. The third-order valence-corrected chi connectivity index (χ3v) is 2.70. The van der Waals surface area contributed by atoms with Crippen LogP contribution in [0.5, 0.6) is 0 Å². The molecule has 5 heteroatoms. The topological polar surface area (TPSA) is 61.8 Å². The number of ether oxygens (including phenoxy) is 3. The van der Waals surface area contributed by atoms with Crippen LogP contribution in [0.3, 0.4) is 0 Å². The highest BCUT2D eigenvalue weighted by Crippen LogP contribution is 2.10. The Hall–Kier alpha value is -1.36. The second kappa shape index (κ2) is 10.6. The van der Waals surface area contributed by atoms with E-state index in [1.54, 1.807) is 6.92 Å². The van der Waals surface area contributed by atoms with Crippen LogP contribution in [0.2, 0.25) is 0 Å². The number of unbranched alkanes of at least 4 members (excludes halogenated alkanes) is 3. The van der Waals surface area contributed by atoms with Crippen LogP contribution >= 0.6 is 0 Å². The van der Waals surface area contributed by atoms with Gasteiger partial charge in [0.05, 0.1) is 25.9 Å². The van der Waals surface area contributed by atoms with Crippen molar-refractivity contribution in [2.24, 2.45) is 0 Å². The van der Waals surface area contributed by atoms with Crippen LogP contribution in [0.1, 0.15) is 39.5 Å². The lowest BCUT2D eigenvalue weighted by Crippen LogP contribution is -2.21. The van der Waals surface area contributed by atoms with Gasteiger partial charge in [-0.25, -0.2) is 9.59 Å². The van der Waals surface area contributed by atoms with E-state index >= 15 is 0 Å². The fourth-order valence-corrected chi connectivity index (χ4v) is 1.52. The standard InChI is InChI=1S/C14H24O5/c1-5-6-7-8-9-19-11(2)12(14(16)18-4)10-13(15)17-3/h10-11H,5-9H2,1-4H3/b12-10-. The maximum Gasteiger partial charge on any atom is 0.336 e. The van der Waals surface area contributed by atoms with Gasteiger partial charge in [-0.1, -0.05) is 26.2 Å². The predicted octanol–water partition coefficient (Wildman–Crippen LogP) is 2.24. The van der Waals surface area contributed by atoms with Gasteiger partial charge in [0.15, 0.2) is 0 Å². The Morgan fingerprint density at radius 2 is 1.79 bits per heavy atom. The molecule has 0 aliphatic heterocycles. The van der Waals surface area contributed by atoms with E-state index < -0.39 is 18.0 Å². The summed E-state index contributed by atoms with van der Waals surface area (Å²) < 4.78 is 14.7. The Morgan fingerprint density at radius 3 is 2.32 bits per heavy atom. The van der Waals surface area contributed by atoms with Gasteiger partial charge in [0.1, 0.15) is 0 Å². The number of hydrogen-bond donors (Lipinski definition) is 0. The molecule has 0 spiro atoms. The van der Waals surface area contributed by atoms with Gasteiger partial charge in [0.2, 0.25) is 0 Å². The second-order valence-corrected chi connectivity index (χ2v) is 4.19. The second-order valence-electron chi connectivity index (χ2n) is 4.19. The van der Waals surface area contributed by atoms with E-state index in [-0.39, 0.29) is 5.57 Å². The van der Waals surface area contributed by atoms with Gasteiger partial charge >= 0.3 is 11.9 Å². The summed E-state index contributed by atoms with van der Waals surface area (Å²) in [7, 11) is 2.52. The maximum absolute atomic E-state index is 11.6. The zero-order valence-corrected chi connectivity index (χ0v) is 12.2. The molecule has 19 heavy (non-hydrogen) atoms. The molecular formula is C14H24O5. The monoisotopic (exact) mass is 272 g/mol. The lowest BCUT2D eigenvalue weighted by molar-refractivity contribution is -0.139. The molecule has 0 saturated carbocycles. The van der Waals surface area contributed by atoms with Gasteiger partial charge in [-0.05, 0) is 13.3 Å². The molecule has 1 atom stereocenters. The number of methoxy groups -OCH3 is 2. The Labute approximate surface area is 114 Å². The molecule has 0 heterocycles. The van der Waals surface area contributed by atoms with E-state index in [1.807, 2.05) is 0 Å². The van der Waals surface area contributed by atoms with E-state index in [0.717, 1.165) is 25.3 Å². The molecule has 1 unspecified atom stereocenters. The molecular weight excluding hydrogens is 248 g/mol. The summed E-state index contributed by atoms with van der Waals surface area (Å²) in [5.41, 5.74) is 0.171. The van der Waals surface area contributed by atoms with Crippen LogP contribution in [0.25, 0.3) is 0 Å². The minimum absolute atomic E-state index is 0.171. The maximum atomic E-state index is 11.6. The molecule has 0 aliphatic carbocycles. The number of hydrogen-bond acceptors (Lipinski definition) is 5. The van der Waals surface area contributed by atoms with Gasteiger partial charge in [0, 0.05) is 12.7 Å². The van der Waals surface area contributed by atoms with Crippen LogP contribution < -0.4 is 0 Å². The van der Waals surface area contributed by atoms with Crippen molar-refractivity contribution in [1.82, 2.24) is 0 Å². The summed E-state index contributed by atoms with van der Waals surface area (Å²) in [6.45, 7) is 4.40. The minimum Gasteiger partial charge on any atom is -0.466 e. The Balaban J connectivity index is 4.39. The molecule has 0 amide bonds. The van der Waals surface area contributed by atoms with Crippen molar-refractivity contribution in [3.05, 3.63) is 11.6 Å². The van der Waals surface area contributed by atoms with Crippen molar-refractivity contribution in [2.75, 3.05) is 20.8 Å².